The molecular formula is C32H27ClN4O3. The summed E-state index contributed by atoms with van der Waals surface area (Å²) in [6.45, 7) is 1.77. The number of benzene rings is 4. The number of amides is 1. The van der Waals surface area contributed by atoms with Gasteiger partial charge in [-0.2, -0.15) is 0 Å². The van der Waals surface area contributed by atoms with Gasteiger partial charge in [0.2, 0.25) is 5.91 Å². The number of carbonyl (C=O) groups excluding carboxylic acids is 1. The van der Waals surface area contributed by atoms with Gasteiger partial charge in [-0.25, -0.2) is 10.6 Å². The van der Waals surface area contributed by atoms with Gasteiger partial charge >= 0.3 is 5.97 Å². The molecule has 7 nitrogen and oxygen atoms in total. The average Bonchev–Trinajstić information content (AvgIpc) is 3.64. The number of carbonyl (C=O) groups is 2. The Morgan fingerprint density at radius 2 is 1.68 bits per heavy atom. The van der Waals surface area contributed by atoms with Crippen LogP contribution in [0, 0.1) is 6.92 Å². The molecule has 1 spiro atoms. The molecule has 1 aliphatic carbocycles. The number of hydrogen-bond acceptors (Lipinski definition) is 5. The summed E-state index contributed by atoms with van der Waals surface area (Å²) in [4.78, 5) is 25.0. The van der Waals surface area contributed by atoms with Crippen LogP contribution in [0.2, 0.25) is 5.02 Å². The van der Waals surface area contributed by atoms with E-state index in [0.29, 0.717) is 22.7 Å². The second kappa shape index (κ2) is 9.55. The van der Waals surface area contributed by atoms with E-state index in [9.17, 15) is 14.7 Å². The number of aryl methyl sites for hydroxylation is 1. The average molecular weight is 551 g/mol. The molecule has 1 amide bonds. The van der Waals surface area contributed by atoms with E-state index < -0.39 is 11.4 Å². The first-order valence-electron chi connectivity index (χ1n) is 12.9. The summed E-state index contributed by atoms with van der Waals surface area (Å²) >= 11 is 6.71. The van der Waals surface area contributed by atoms with Crippen LogP contribution in [0.15, 0.2) is 91.3 Å². The Morgan fingerprint density at radius 3 is 2.33 bits per heavy atom. The van der Waals surface area contributed by atoms with Gasteiger partial charge in [0.05, 0.1) is 21.7 Å². The number of carboxylic acid groups (broad SMARTS) is 1. The second-order valence-corrected chi connectivity index (χ2v) is 10.7. The lowest BCUT2D eigenvalue weighted by atomic mass is 9.89. The second-order valence-electron chi connectivity index (χ2n) is 10.3. The lowest BCUT2D eigenvalue weighted by molar-refractivity contribution is -0.118. The summed E-state index contributed by atoms with van der Waals surface area (Å²) in [7, 11) is 0. The Bertz CT molecular complexity index is 1700. The molecule has 2 atom stereocenters. The fraction of sp³-hybridized carbons (Fsp3) is 0.125. The van der Waals surface area contributed by atoms with Gasteiger partial charge < -0.3 is 16.2 Å². The van der Waals surface area contributed by atoms with Gasteiger partial charge in [0, 0.05) is 29.6 Å². The number of aromatic carboxylic acids is 1. The lowest BCUT2D eigenvalue weighted by Gasteiger charge is -2.14. The lowest BCUT2D eigenvalue weighted by Crippen LogP contribution is -2.24. The first-order valence-corrected chi connectivity index (χ1v) is 13.2. The predicted octanol–water partition coefficient (Wildman–Crippen LogP) is 6.17. The molecule has 8 heteroatoms. The number of hydrazine groups is 1. The van der Waals surface area contributed by atoms with Gasteiger partial charge in [0.25, 0.3) is 0 Å². The van der Waals surface area contributed by atoms with Crippen LogP contribution in [-0.4, -0.2) is 17.0 Å². The van der Waals surface area contributed by atoms with E-state index in [1.807, 2.05) is 72.8 Å². The number of nitrogens with two attached hydrogens (primary N) is 2. The number of nitrogens with one attached hydrogen (secondary N) is 1. The van der Waals surface area contributed by atoms with Crippen LogP contribution in [0.1, 0.15) is 39.4 Å². The van der Waals surface area contributed by atoms with Crippen molar-refractivity contribution in [3.8, 4) is 22.3 Å². The standard InChI is InChI=1S/C32H27ClN4O3/c1-18-2-3-22(14-24(18)30(38)39)27-17-32(27)26-15-25(28(33)16-29(26)36-31(32)40)21-6-4-19(5-7-21)20-8-10-23(11-9-20)37(35)13-12-34/h2-16,27H,17,34-35H2,1H3,(H,36,40)(H,38,39)/b13-12-. The van der Waals surface area contributed by atoms with E-state index in [0.717, 1.165) is 39.1 Å². The van der Waals surface area contributed by atoms with Crippen molar-refractivity contribution >= 4 is 34.9 Å². The predicted molar refractivity (Wildman–Crippen MR) is 158 cm³/mol. The molecule has 200 valence electrons. The number of rotatable bonds is 6. The van der Waals surface area contributed by atoms with E-state index in [1.54, 1.807) is 19.2 Å². The van der Waals surface area contributed by atoms with Crippen molar-refractivity contribution in [2.24, 2.45) is 11.6 Å². The van der Waals surface area contributed by atoms with E-state index in [-0.39, 0.29) is 17.4 Å². The molecule has 2 unspecified atom stereocenters. The molecule has 4 aromatic rings. The Balaban J connectivity index is 1.31. The van der Waals surface area contributed by atoms with Gasteiger partial charge in [0.15, 0.2) is 0 Å². The number of halogens is 1. The molecule has 0 aromatic heterocycles. The minimum atomic E-state index is -0.969. The van der Waals surface area contributed by atoms with Gasteiger partial charge in [-0.3, -0.25) is 9.80 Å². The molecule has 6 N–H and O–H groups in total. The largest absolute Gasteiger partial charge is 0.478 e. The van der Waals surface area contributed by atoms with E-state index in [4.69, 9.17) is 23.2 Å². The van der Waals surface area contributed by atoms with Crippen LogP contribution in [0.3, 0.4) is 0 Å². The van der Waals surface area contributed by atoms with Crippen LogP contribution >= 0.6 is 11.6 Å². The summed E-state index contributed by atoms with van der Waals surface area (Å²) in [5.41, 5.74) is 12.8. The normalized spacial score (nSPS) is 19.1. The third-order valence-electron chi connectivity index (χ3n) is 8.04. The molecule has 0 saturated heterocycles. The third-order valence-corrected chi connectivity index (χ3v) is 8.35. The molecule has 0 radical (unpaired) electrons. The van der Waals surface area contributed by atoms with Crippen LogP contribution in [0.5, 0.6) is 0 Å². The van der Waals surface area contributed by atoms with Crippen LogP contribution < -0.4 is 21.9 Å². The Kier molecular flexibility index (Phi) is 6.13. The smallest absolute Gasteiger partial charge is 0.335 e. The fourth-order valence-corrected chi connectivity index (χ4v) is 6.04. The summed E-state index contributed by atoms with van der Waals surface area (Å²) in [6.07, 6.45) is 3.58. The molecule has 6 rings (SSSR count). The number of fused-ring (bicyclic) bond motifs is 2. The summed E-state index contributed by atoms with van der Waals surface area (Å²) < 4.78 is 0. The van der Waals surface area contributed by atoms with Crippen molar-refractivity contribution in [3.05, 3.63) is 119 Å². The fourth-order valence-electron chi connectivity index (χ4n) is 5.77. The van der Waals surface area contributed by atoms with Crippen molar-refractivity contribution in [2.75, 3.05) is 10.3 Å². The Morgan fingerprint density at radius 1 is 1.02 bits per heavy atom. The van der Waals surface area contributed by atoms with E-state index in [1.165, 1.54) is 11.2 Å². The third kappa shape index (κ3) is 4.11. The highest BCUT2D eigenvalue weighted by molar-refractivity contribution is 6.34. The van der Waals surface area contributed by atoms with Gasteiger partial charge in [-0.05, 0) is 77.1 Å². The number of hydrogen-bond donors (Lipinski definition) is 4. The van der Waals surface area contributed by atoms with Gasteiger partial charge in [0.1, 0.15) is 0 Å². The zero-order valence-electron chi connectivity index (χ0n) is 21.7. The molecule has 40 heavy (non-hydrogen) atoms. The highest BCUT2D eigenvalue weighted by Gasteiger charge is 2.65. The first-order chi connectivity index (χ1) is 19.2. The van der Waals surface area contributed by atoms with Crippen LogP contribution in [0.25, 0.3) is 22.3 Å². The van der Waals surface area contributed by atoms with E-state index >= 15 is 0 Å². The van der Waals surface area contributed by atoms with Crippen molar-refractivity contribution in [1.82, 2.24) is 0 Å². The highest BCUT2D eigenvalue weighted by Crippen LogP contribution is 2.65. The number of anilines is 2. The molecule has 1 fully saturated rings. The van der Waals surface area contributed by atoms with Crippen molar-refractivity contribution in [2.45, 2.75) is 24.7 Å². The number of carboxylic acids is 1. The molecule has 1 heterocycles. The molecule has 2 aliphatic rings. The summed E-state index contributed by atoms with van der Waals surface area (Å²) in [6, 6.07) is 25.2. The molecular weight excluding hydrogens is 524 g/mol. The maximum atomic E-state index is 13.3. The molecule has 4 aromatic carbocycles. The quantitative estimate of drug-likeness (QED) is 0.168. The van der Waals surface area contributed by atoms with Gasteiger partial charge in [-0.15, -0.1) is 0 Å². The summed E-state index contributed by atoms with van der Waals surface area (Å²) in [5, 5.41) is 14.6. The molecule has 0 bridgehead atoms. The molecule has 1 aliphatic heterocycles. The maximum Gasteiger partial charge on any atom is 0.335 e. The van der Waals surface area contributed by atoms with Crippen LogP contribution in [0.4, 0.5) is 11.4 Å². The molecule has 1 saturated carbocycles. The minimum Gasteiger partial charge on any atom is -0.478 e. The SMILES string of the molecule is Cc1ccc(C2CC23C(=O)Nc2cc(Cl)c(-c4ccc(-c5ccc(N(N)/C=C\N)cc5)cc4)cc23)cc1C(=O)O. The number of nitrogens with zero attached hydrogens (tertiary/aromatic N) is 1. The van der Waals surface area contributed by atoms with Gasteiger partial charge in [-0.1, -0.05) is 60.1 Å². The van der Waals surface area contributed by atoms with E-state index in [2.05, 4.69) is 5.32 Å². The highest BCUT2D eigenvalue weighted by atomic mass is 35.5. The topological polar surface area (TPSA) is 122 Å². The first kappa shape index (κ1) is 25.7. The zero-order valence-corrected chi connectivity index (χ0v) is 22.4. The monoisotopic (exact) mass is 550 g/mol. The van der Waals surface area contributed by atoms with Crippen molar-refractivity contribution in [3.63, 3.8) is 0 Å². The van der Waals surface area contributed by atoms with Crippen molar-refractivity contribution < 1.29 is 14.7 Å². The van der Waals surface area contributed by atoms with Crippen molar-refractivity contribution in [1.29, 1.82) is 0 Å². The zero-order chi connectivity index (χ0) is 28.2. The summed E-state index contributed by atoms with van der Waals surface area (Å²) in [5.74, 6) is 4.79. The Hall–Kier alpha value is -4.59. The Labute approximate surface area is 236 Å². The van der Waals surface area contributed by atoms with Crippen LogP contribution in [-0.2, 0) is 10.2 Å². The minimum absolute atomic E-state index is 0.0741. The maximum absolute atomic E-state index is 13.3.